The summed E-state index contributed by atoms with van der Waals surface area (Å²) in [7, 11) is 0. The molecule has 5 nitrogen and oxygen atoms in total. The molecule has 4 rings (SSSR count). The zero-order valence-corrected chi connectivity index (χ0v) is 20.9. The Labute approximate surface area is 194 Å². The Balaban J connectivity index is 1.59. The van der Waals surface area contributed by atoms with E-state index >= 15 is 0 Å². The minimum atomic E-state index is -1.06. The molecule has 0 aromatic rings. The summed E-state index contributed by atoms with van der Waals surface area (Å²) in [5, 5.41) is 55.4. The molecule has 4 saturated carbocycles. The normalized spacial score (nSPS) is 52.8. The summed E-state index contributed by atoms with van der Waals surface area (Å²) in [5.41, 5.74) is -1.42. The third-order valence-corrected chi connectivity index (χ3v) is 11.1. The van der Waals surface area contributed by atoms with Gasteiger partial charge in [-0.05, 0) is 91.8 Å². The summed E-state index contributed by atoms with van der Waals surface area (Å²) in [5.74, 6) is 0.780. The molecule has 5 N–H and O–H groups in total. The van der Waals surface area contributed by atoms with E-state index in [1.54, 1.807) is 0 Å². The van der Waals surface area contributed by atoms with E-state index in [0.29, 0.717) is 31.1 Å². The van der Waals surface area contributed by atoms with Crippen molar-refractivity contribution in [2.45, 2.75) is 122 Å². The molecule has 186 valence electrons. The third-order valence-electron chi connectivity index (χ3n) is 11.1. The fraction of sp³-hybridized carbons (Fsp3) is 1.00. The molecule has 5 heteroatoms. The number of hydrogen-bond donors (Lipinski definition) is 5. The molecule has 0 aliphatic heterocycles. The van der Waals surface area contributed by atoms with Gasteiger partial charge in [-0.15, -0.1) is 0 Å². The lowest BCUT2D eigenvalue weighted by Crippen LogP contribution is -2.68. The standard InChI is InChI=1S/C27H48O5/c1-15(2)20(29)7-6-16(3)18-13-21(30)24-26(18,5)11-9-23-25(4)10-8-17(28)12-19(25)22(31)14-27(23,24)32/h15-24,28-32H,6-14H2,1-5H3/t16-,17+,18-,19-,20-,21+,22+,23?,24-,25+,26-,27+/m1/s1. The molecule has 32 heavy (non-hydrogen) atoms. The SMILES string of the molecule is CC(C)[C@H](O)CC[C@@H](C)[C@H]1C[C@H](O)[C@@H]2[C@]1(C)CCC1[C@@]3(C)CC[C@H](O)C[C@@H]3[C@@H](O)C[C@]12O. The van der Waals surface area contributed by atoms with Crippen LogP contribution in [0.25, 0.3) is 0 Å². The molecule has 1 unspecified atom stereocenters. The van der Waals surface area contributed by atoms with Crippen molar-refractivity contribution in [3.63, 3.8) is 0 Å². The molecule has 0 saturated heterocycles. The first-order valence-electron chi connectivity index (χ1n) is 13.3. The first-order chi connectivity index (χ1) is 14.8. The first-order valence-corrected chi connectivity index (χ1v) is 13.3. The Hall–Kier alpha value is -0.200. The summed E-state index contributed by atoms with van der Waals surface area (Å²) in [6.45, 7) is 10.8. The second-order valence-electron chi connectivity index (χ2n) is 13.2. The van der Waals surface area contributed by atoms with Crippen molar-refractivity contribution < 1.29 is 25.5 Å². The predicted octanol–water partition coefficient (Wildman–Crippen LogP) is 3.50. The summed E-state index contributed by atoms with van der Waals surface area (Å²) in [6.07, 6.45) is 4.97. The maximum absolute atomic E-state index is 12.3. The van der Waals surface area contributed by atoms with Crippen LogP contribution in [0, 0.1) is 46.3 Å². The van der Waals surface area contributed by atoms with Gasteiger partial charge in [-0.3, -0.25) is 0 Å². The highest BCUT2D eigenvalue weighted by Crippen LogP contribution is 2.69. The first kappa shape index (κ1) is 24.9. The molecule has 0 heterocycles. The molecule has 0 amide bonds. The predicted molar refractivity (Wildman–Crippen MR) is 125 cm³/mol. The van der Waals surface area contributed by atoms with Gasteiger partial charge >= 0.3 is 0 Å². The number of hydrogen-bond acceptors (Lipinski definition) is 5. The molecular formula is C27H48O5. The molecule has 0 bridgehead atoms. The number of aliphatic hydroxyl groups is 5. The summed E-state index contributed by atoms with van der Waals surface area (Å²) in [4.78, 5) is 0. The minimum Gasteiger partial charge on any atom is -0.393 e. The van der Waals surface area contributed by atoms with Crippen molar-refractivity contribution >= 4 is 0 Å². The van der Waals surface area contributed by atoms with Gasteiger partial charge in [0, 0.05) is 12.3 Å². The van der Waals surface area contributed by atoms with Gasteiger partial charge in [-0.1, -0.05) is 34.6 Å². The fourth-order valence-electron chi connectivity index (χ4n) is 9.37. The monoisotopic (exact) mass is 452 g/mol. The Morgan fingerprint density at radius 2 is 1.53 bits per heavy atom. The lowest BCUT2D eigenvalue weighted by atomic mass is 9.42. The van der Waals surface area contributed by atoms with E-state index in [4.69, 9.17) is 0 Å². The van der Waals surface area contributed by atoms with Gasteiger partial charge in [0.15, 0.2) is 0 Å². The van der Waals surface area contributed by atoms with Crippen molar-refractivity contribution in [2.75, 3.05) is 0 Å². The smallest absolute Gasteiger partial charge is 0.0763 e. The highest BCUT2D eigenvalue weighted by molar-refractivity contribution is 5.20. The lowest BCUT2D eigenvalue weighted by molar-refractivity contribution is -0.263. The second kappa shape index (κ2) is 8.48. The van der Waals surface area contributed by atoms with E-state index in [0.717, 1.165) is 38.5 Å². The second-order valence-corrected chi connectivity index (χ2v) is 13.2. The van der Waals surface area contributed by atoms with Crippen molar-refractivity contribution in [3.8, 4) is 0 Å². The Kier molecular flexibility index (Phi) is 6.60. The van der Waals surface area contributed by atoms with E-state index in [1.807, 2.05) is 0 Å². The van der Waals surface area contributed by atoms with Gasteiger partial charge < -0.3 is 25.5 Å². The topological polar surface area (TPSA) is 101 Å². The van der Waals surface area contributed by atoms with Crippen LogP contribution in [0.2, 0.25) is 0 Å². The average Bonchev–Trinajstić information content (AvgIpc) is 2.98. The third kappa shape index (κ3) is 3.69. The molecule has 4 fully saturated rings. The van der Waals surface area contributed by atoms with Crippen LogP contribution in [0.4, 0.5) is 0 Å². The molecule has 4 aliphatic rings. The van der Waals surface area contributed by atoms with Gasteiger partial charge in [0.05, 0.1) is 30.0 Å². The van der Waals surface area contributed by atoms with Crippen LogP contribution in [0.5, 0.6) is 0 Å². The minimum absolute atomic E-state index is 0.0201. The largest absolute Gasteiger partial charge is 0.393 e. The van der Waals surface area contributed by atoms with Gasteiger partial charge in [0.25, 0.3) is 0 Å². The maximum atomic E-state index is 12.3. The molecule has 0 aromatic heterocycles. The number of aliphatic hydroxyl groups excluding tert-OH is 4. The van der Waals surface area contributed by atoms with E-state index in [9.17, 15) is 25.5 Å². The van der Waals surface area contributed by atoms with Crippen LogP contribution in [-0.2, 0) is 0 Å². The average molecular weight is 453 g/mol. The van der Waals surface area contributed by atoms with Gasteiger partial charge in [0.1, 0.15) is 0 Å². The van der Waals surface area contributed by atoms with Crippen LogP contribution in [0.15, 0.2) is 0 Å². The zero-order valence-electron chi connectivity index (χ0n) is 20.9. The zero-order chi connectivity index (χ0) is 23.6. The van der Waals surface area contributed by atoms with E-state index in [-0.39, 0.29) is 46.7 Å². The number of rotatable bonds is 5. The van der Waals surface area contributed by atoms with Crippen molar-refractivity contribution in [1.82, 2.24) is 0 Å². The van der Waals surface area contributed by atoms with Gasteiger partial charge in [0.2, 0.25) is 0 Å². The van der Waals surface area contributed by atoms with Crippen LogP contribution in [-0.4, -0.2) is 55.5 Å². The molecule has 0 spiro atoms. The highest BCUT2D eigenvalue weighted by Gasteiger charge is 2.70. The maximum Gasteiger partial charge on any atom is 0.0763 e. The summed E-state index contributed by atoms with van der Waals surface area (Å²) in [6, 6.07) is 0. The van der Waals surface area contributed by atoms with Crippen molar-refractivity contribution in [2.24, 2.45) is 46.3 Å². The summed E-state index contributed by atoms with van der Waals surface area (Å²) >= 11 is 0. The fourth-order valence-corrected chi connectivity index (χ4v) is 9.37. The lowest BCUT2D eigenvalue weighted by Gasteiger charge is -2.66. The Bertz CT molecular complexity index is 683. The Morgan fingerprint density at radius 3 is 2.19 bits per heavy atom. The number of fused-ring (bicyclic) bond motifs is 5. The van der Waals surface area contributed by atoms with E-state index in [1.165, 1.54) is 0 Å². The molecular weight excluding hydrogens is 404 g/mol. The quantitative estimate of drug-likeness (QED) is 0.440. The van der Waals surface area contributed by atoms with Crippen molar-refractivity contribution in [3.05, 3.63) is 0 Å². The van der Waals surface area contributed by atoms with Crippen molar-refractivity contribution in [1.29, 1.82) is 0 Å². The van der Waals surface area contributed by atoms with Gasteiger partial charge in [-0.2, -0.15) is 0 Å². The van der Waals surface area contributed by atoms with E-state index in [2.05, 4.69) is 34.6 Å². The molecule has 0 radical (unpaired) electrons. The van der Waals surface area contributed by atoms with Crippen LogP contribution in [0.1, 0.15) is 92.4 Å². The molecule has 0 aromatic carbocycles. The molecule has 4 aliphatic carbocycles. The highest BCUT2D eigenvalue weighted by atomic mass is 16.3. The molecule has 12 atom stereocenters. The van der Waals surface area contributed by atoms with Gasteiger partial charge in [-0.25, -0.2) is 0 Å². The van der Waals surface area contributed by atoms with Crippen LogP contribution < -0.4 is 0 Å². The van der Waals surface area contributed by atoms with E-state index < -0.39 is 17.8 Å². The van der Waals surface area contributed by atoms with Crippen LogP contribution >= 0.6 is 0 Å². The summed E-state index contributed by atoms with van der Waals surface area (Å²) < 4.78 is 0. The van der Waals surface area contributed by atoms with Crippen LogP contribution in [0.3, 0.4) is 0 Å². The Morgan fingerprint density at radius 1 is 0.875 bits per heavy atom.